The van der Waals surface area contributed by atoms with Crippen LogP contribution in [0.15, 0.2) is 4.42 Å². The number of oxazole rings is 1. The molecule has 2 fully saturated rings. The van der Waals surface area contributed by atoms with Crippen LogP contribution in [0, 0.1) is 12.3 Å². The van der Waals surface area contributed by atoms with Crippen molar-refractivity contribution in [1.29, 1.82) is 0 Å². The van der Waals surface area contributed by atoms with Gasteiger partial charge in [-0.2, -0.15) is 0 Å². The van der Waals surface area contributed by atoms with E-state index in [0.717, 1.165) is 25.8 Å². The number of nitrogens with one attached hydrogen (secondary N) is 1. The Labute approximate surface area is 148 Å². The number of aryl methyl sites for hydroxylation is 2. The summed E-state index contributed by atoms with van der Waals surface area (Å²) >= 11 is 0. The molecule has 0 aliphatic carbocycles. The third-order valence-electron chi connectivity index (χ3n) is 5.32. The van der Waals surface area contributed by atoms with Crippen LogP contribution in [-0.4, -0.2) is 54.0 Å². The number of esters is 1. The molecule has 2 saturated heterocycles. The zero-order valence-corrected chi connectivity index (χ0v) is 15.3. The Hall–Kier alpha value is -1.89. The lowest BCUT2D eigenvalue weighted by Crippen LogP contribution is -2.64. The van der Waals surface area contributed by atoms with E-state index >= 15 is 0 Å². The zero-order chi connectivity index (χ0) is 18.0. The Bertz CT molecular complexity index is 657. The molecule has 7 nitrogen and oxygen atoms in total. The van der Waals surface area contributed by atoms with Gasteiger partial charge in [-0.25, -0.2) is 4.98 Å². The van der Waals surface area contributed by atoms with Crippen LogP contribution in [-0.2, 0) is 16.0 Å². The fraction of sp³-hybridized carbons (Fsp3) is 0.722. The van der Waals surface area contributed by atoms with E-state index in [-0.39, 0.29) is 23.7 Å². The van der Waals surface area contributed by atoms with Crippen molar-refractivity contribution < 1.29 is 18.7 Å². The van der Waals surface area contributed by atoms with Gasteiger partial charge in [-0.15, -0.1) is 0 Å². The van der Waals surface area contributed by atoms with Crippen molar-refractivity contribution in [2.45, 2.75) is 52.5 Å². The van der Waals surface area contributed by atoms with Crippen LogP contribution in [0.4, 0.5) is 0 Å². The molecule has 2 aliphatic heterocycles. The van der Waals surface area contributed by atoms with Crippen molar-refractivity contribution in [2.24, 2.45) is 5.41 Å². The number of piperidine rings is 2. The molecule has 138 valence electrons. The molecule has 3 heterocycles. The van der Waals surface area contributed by atoms with Crippen molar-refractivity contribution in [3.05, 3.63) is 17.3 Å². The number of nitrogens with zero attached hydrogens (tertiary/aromatic N) is 2. The van der Waals surface area contributed by atoms with Gasteiger partial charge < -0.3 is 19.4 Å². The van der Waals surface area contributed by atoms with Gasteiger partial charge in [0.15, 0.2) is 5.89 Å². The second kappa shape index (κ2) is 7.15. The summed E-state index contributed by atoms with van der Waals surface area (Å²) in [5, 5.41) is 3.45. The number of ether oxygens (including phenoxy) is 1. The standard InChI is InChI=1S/C18H27N3O4/c1-4-14-20-12(3)15(25-14)16(22)21-10-7-13-18(11-21,8-6-9-19-13)17(23)24-5-2/h13,19H,4-11H2,1-3H3. The summed E-state index contributed by atoms with van der Waals surface area (Å²) in [6.07, 6.45) is 3.02. The lowest BCUT2D eigenvalue weighted by atomic mass is 9.70. The molecule has 1 aromatic rings. The third kappa shape index (κ3) is 3.17. The smallest absolute Gasteiger partial charge is 0.315 e. The molecule has 7 heteroatoms. The molecule has 0 bridgehead atoms. The molecule has 1 N–H and O–H groups in total. The Morgan fingerprint density at radius 1 is 1.44 bits per heavy atom. The maximum absolute atomic E-state index is 13.0. The molecule has 0 aromatic carbocycles. The van der Waals surface area contributed by atoms with Gasteiger partial charge in [-0.1, -0.05) is 6.92 Å². The summed E-state index contributed by atoms with van der Waals surface area (Å²) in [4.78, 5) is 31.7. The molecule has 25 heavy (non-hydrogen) atoms. The molecule has 1 aromatic heterocycles. The van der Waals surface area contributed by atoms with Gasteiger partial charge in [0, 0.05) is 25.6 Å². The minimum atomic E-state index is -0.663. The summed E-state index contributed by atoms with van der Waals surface area (Å²) in [6, 6.07) is 0.0615. The molecule has 0 spiro atoms. The molecular formula is C18H27N3O4. The average molecular weight is 349 g/mol. The normalized spacial score (nSPS) is 26.2. The van der Waals surface area contributed by atoms with Crippen molar-refractivity contribution in [1.82, 2.24) is 15.2 Å². The van der Waals surface area contributed by atoms with Crippen LogP contribution >= 0.6 is 0 Å². The van der Waals surface area contributed by atoms with Crippen LogP contribution in [0.1, 0.15) is 55.2 Å². The fourth-order valence-corrected chi connectivity index (χ4v) is 4.02. The summed E-state index contributed by atoms with van der Waals surface area (Å²) in [6.45, 7) is 7.75. The minimum Gasteiger partial charge on any atom is -0.465 e. The highest BCUT2D eigenvalue weighted by Gasteiger charge is 2.52. The van der Waals surface area contributed by atoms with Gasteiger partial charge in [0.25, 0.3) is 5.91 Å². The molecular weight excluding hydrogens is 322 g/mol. The number of rotatable bonds is 4. The Morgan fingerprint density at radius 2 is 2.24 bits per heavy atom. The Morgan fingerprint density at radius 3 is 2.92 bits per heavy atom. The highest BCUT2D eigenvalue weighted by atomic mass is 16.5. The Balaban J connectivity index is 1.85. The monoisotopic (exact) mass is 349 g/mol. The zero-order valence-electron chi connectivity index (χ0n) is 15.3. The van der Waals surface area contributed by atoms with Crippen LogP contribution in [0.2, 0.25) is 0 Å². The van der Waals surface area contributed by atoms with E-state index in [0.29, 0.717) is 37.7 Å². The van der Waals surface area contributed by atoms with Crippen LogP contribution in [0.5, 0.6) is 0 Å². The van der Waals surface area contributed by atoms with Gasteiger partial charge in [0.05, 0.1) is 12.3 Å². The summed E-state index contributed by atoms with van der Waals surface area (Å²) in [5.41, 5.74) is -0.0557. The molecule has 0 saturated carbocycles. The lowest BCUT2D eigenvalue weighted by Gasteiger charge is -2.49. The van der Waals surface area contributed by atoms with Gasteiger partial charge in [-0.3, -0.25) is 9.59 Å². The number of hydrogen-bond acceptors (Lipinski definition) is 6. The number of carbonyl (C=O) groups is 2. The first-order valence-electron chi connectivity index (χ1n) is 9.18. The number of carbonyl (C=O) groups excluding carboxylic acids is 2. The number of hydrogen-bond donors (Lipinski definition) is 1. The fourth-order valence-electron chi connectivity index (χ4n) is 4.02. The first-order valence-corrected chi connectivity index (χ1v) is 9.18. The Kier molecular flexibility index (Phi) is 5.13. The minimum absolute atomic E-state index is 0.0615. The van der Waals surface area contributed by atoms with Gasteiger partial charge >= 0.3 is 5.97 Å². The molecule has 1 amide bonds. The molecule has 0 radical (unpaired) electrons. The highest BCUT2D eigenvalue weighted by molar-refractivity contribution is 5.93. The first kappa shape index (κ1) is 17.9. The van der Waals surface area contributed by atoms with Crippen molar-refractivity contribution in [3.63, 3.8) is 0 Å². The number of amides is 1. The van der Waals surface area contributed by atoms with E-state index in [1.807, 2.05) is 13.8 Å². The summed E-state index contributed by atoms with van der Waals surface area (Å²) in [5.74, 6) is 0.471. The second-order valence-electron chi connectivity index (χ2n) is 6.88. The van der Waals surface area contributed by atoms with Gasteiger partial charge in [0.1, 0.15) is 5.41 Å². The summed E-state index contributed by atoms with van der Waals surface area (Å²) in [7, 11) is 0. The van der Waals surface area contributed by atoms with Crippen LogP contribution in [0.25, 0.3) is 0 Å². The van der Waals surface area contributed by atoms with E-state index in [1.165, 1.54) is 0 Å². The van der Waals surface area contributed by atoms with Crippen molar-refractivity contribution in [2.75, 3.05) is 26.2 Å². The highest BCUT2D eigenvalue weighted by Crippen LogP contribution is 2.39. The lowest BCUT2D eigenvalue weighted by molar-refractivity contribution is -0.162. The van der Waals surface area contributed by atoms with E-state index in [1.54, 1.807) is 11.8 Å². The quantitative estimate of drug-likeness (QED) is 0.833. The molecule has 2 aliphatic rings. The van der Waals surface area contributed by atoms with Crippen molar-refractivity contribution in [3.8, 4) is 0 Å². The summed E-state index contributed by atoms with van der Waals surface area (Å²) < 4.78 is 11.0. The van der Waals surface area contributed by atoms with E-state index in [9.17, 15) is 9.59 Å². The molecule has 2 unspecified atom stereocenters. The largest absolute Gasteiger partial charge is 0.465 e. The van der Waals surface area contributed by atoms with E-state index in [4.69, 9.17) is 9.15 Å². The van der Waals surface area contributed by atoms with E-state index in [2.05, 4.69) is 10.3 Å². The maximum atomic E-state index is 13.0. The first-order chi connectivity index (χ1) is 12.0. The van der Waals surface area contributed by atoms with Gasteiger partial charge in [-0.05, 0) is 39.7 Å². The maximum Gasteiger partial charge on any atom is 0.315 e. The molecule has 2 atom stereocenters. The second-order valence-corrected chi connectivity index (χ2v) is 6.88. The predicted molar refractivity (Wildman–Crippen MR) is 91.2 cm³/mol. The average Bonchev–Trinajstić information content (AvgIpc) is 3.01. The topological polar surface area (TPSA) is 84.7 Å². The van der Waals surface area contributed by atoms with Crippen molar-refractivity contribution >= 4 is 11.9 Å². The van der Waals surface area contributed by atoms with Gasteiger partial charge in [0.2, 0.25) is 5.76 Å². The van der Waals surface area contributed by atoms with E-state index < -0.39 is 5.41 Å². The van der Waals surface area contributed by atoms with Crippen LogP contribution < -0.4 is 5.32 Å². The number of fused-ring (bicyclic) bond motifs is 1. The molecule has 3 rings (SSSR count). The third-order valence-corrected chi connectivity index (χ3v) is 5.32. The number of aromatic nitrogens is 1. The predicted octanol–water partition coefficient (Wildman–Crippen LogP) is 1.69. The SMILES string of the molecule is CCOC(=O)C12CCCNC1CCN(C(=O)c1oc(CC)nc1C)C2. The van der Waals surface area contributed by atoms with Crippen LogP contribution in [0.3, 0.4) is 0 Å². The number of likely N-dealkylation sites (tertiary alicyclic amines) is 1.